The highest BCUT2D eigenvalue weighted by Gasteiger charge is 2.17. The molecule has 0 fully saturated rings. The van der Waals surface area contributed by atoms with E-state index in [4.69, 9.17) is 11.6 Å². The van der Waals surface area contributed by atoms with Crippen LogP contribution >= 0.6 is 11.6 Å². The van der Waals surface area contributed by atoms with Crippen LogP contribution in [-0.2, 0) is 6.54 Å². The Balaban J connectivity index is 1.65. The standard InChI is InChI=1S/C22H18ClN3O/c23-17-11-12-18-19(13-17)25-20(26-22(18)27)14-24-21(15-7-3-1-4-8-15)16-9-5-2-6-10-16/h1-13,21,24H,14H2,(H,25,26,27)/p+1. The van der Waals surface area contributed by atoms with E-state index in [1.165, 1.54) is 11.1 Å². The average Bonchev–Trinajstić information content (AvgIpc) is 2.69. The maximum absolute atomic E-state index is 12.3. The average molecular weight is 377 g/mol. The Morgan fingerprint density at radius 2 is 1.56 bits per heavy atom. The number of aromatic nitrogens is 2. The van der Waals surface area contributed by atoms with Crippen LogP contribution in [0.15, 0.2) is 83.7 Å². The largest absolute Gasteiger partial charge is 0.330 e. The number of H-pyrrole nitrogens is 1. The summed E-state index contributed by atoms with van der Waals surface area (Å²) in [5, 5.41) is 3.30. The Hall–Kier alpha value is -2.95. The summed E-state index contributed by atoms with van der Waals surface area (Å²) in [7, 11) is 0. The molecule has 0 bridgehead atoms. The molecule has 0 atom stereocenters. The Labute approximate surface area is 161 Å². The number of fused-ring (bicyclic) bond motifs is 1. The Kier molecular flexibility index (Phi) is 5.01. The molecule has 3 aromatic carbocycles. The third-order valence-electron chi connectivity index (χ3n) is 4.58. The molecule has 3 N–H and O–H groups in total. The number of hydrogen-bond donors (Lipinski definition) is 2. The lowest BCUT2D eigenvalue weighted by Crippen LogP contribution is -2.84. The van der Waals surface area contributed by atoms with Crippen molar-refractivity contribution in [2.45, 2.75) is 12.6 Å². The van der Waals surface area contributed by atoms with Crippen LogP contribution in [0.5, 0.6) is 0 Å². The number of nitrogens with zero attached hydrogens (tertiary/aromatic N) is 1. The number of aromatic amines is 1. The van der Waals surface area contributed by atoms with Gasteiger partial charge in [0.25, 0.3) is 5.56 Å². The van der Waals surface area contributed by atoms with Gasteiger partial charge in [0.05, 0.1) is 10.9 Å². The highest BCUT2D eigenvalue weighted by Crippen LogP contribution is 2.18. The van der Waals surface area contributed by atoms with Gasteiger partial charge in [-0.1, -0.05) is 72.3 Å². The van der Waals surface area contributed by atoms with Crippen LogP contribution in [0, 0.1) is 0 Å². The minimum Gasteiger partial charge on any atom is -0.330 e. The van der Waals surface area contributed by atoms with E-state index in [0.717, 1.165) is 0 Å². The van der Waals surface area contributed by atoms with Crippen LogP contribution in [-0.4, -0.2) is 9.97 Å². The Morgan fingerprint density at radius 1 is 0.926 bits per heavy atom. The Morgan fingerprint density at radius 3 is 2.19 bits per heavy atom. The predicted molar refractivity (Wildman–Crippen MR) is 108 cm³/mol. The van der Waals surface area contributed by atoms with Gasteiger partial charge < -0.3 is 10.3 Å². The molecule has 27 heavy (non-hydrogen) atoms. The lowest BCUT2D eigenvalue weighted by atomic mass is 9.99. The zero-order chi connectivity index (χ0) is 18.6. The minimum atomic E-state index is -0.143. The van der Waals surface area contributed by atoms with E-state index in [1.807, 2.05) is 36.4 Å². The molecular weight excluding hydrogens is 358 g/mol. The molecule has 4 aromatic rings. The summed E-state index contributed by atoms with van der Waals surface area (Å²) >= 11 is 6.05. The van der Waals surface area contributed by atoms with Crippen molar-refractivity contribution < 1.29 is 5.32 Å². The third kappa shape index (κ3) is 3.92. The number of nitrogens with one attached hydrogen (secondary N) is 1. The summed E-state index contributed by atoms with van der Waals surface area (Å²) in [6.07, 6.45) is 0. The minimum absolute atomic E-state index is 0.118. The van der Waals surface area contributed by atoms with Gasteiger partial charge in [0.1, 0.15) is 12.6 Å². The lowest BCUT2D eigenvalue weighted by molar-refractivity contribution is -0.703. The molecule has 5 heteroatoms. The fourth-order valence-electron chi connectivity index (χ4n) is 3.27. The predicted octanol–water partition coefficient (Wildman–Crippen LogP) is 3.43. The van der Waals surface area contributed by atoms with Gasteiger partial charge in [-0.15, -0.1) is 0 Å². The number of halogens is 1. The number of benzene rings is 3. The second kappa shape index (κ2) is 7.74. The first kappa shape index (κ1) is 17.5. The quantitative estimate of drug-likeness (QED) is 0.560. The molecule has 1 aromatic heterocycles. The fraction of sp³-hybridized carbons (Fsp3) is 0.0909. The third-order valence-corrected chi connectivity index (χ3v) is 4.82. The maximum atomic E-state index is 12.3. The van der Waals surface area contributed by atoms with E-state index < -0.39 is 0 Å². The van der Waals surface area contributed by atoms with Crippen molar-refractivity contribution >= 4 is 22.5 Å². The second-order valence-corrected chi connectivity index (χ2v) is 6.85. The first-order valence-corrected chi connectivity index (χ1v) is 9.20. The SMILES string of the molecule is O=c1[nH]c(C[NH2+]C(c2ccccc2)c2ccccc2)nc2cc(Cl)ccc12. The van der Waals surface area contributed by atoms with Crippen molar-refractivity contribution in [3.05, 3.63) is 111 Å². The highest BCUT2D eigenvalue weighted by atomic mass is 35.5. The summed E-state index contributed by atoms with van der Waals surface area (Å²) in [6.45, 7) is 0.548. The summed E-state index contributed by atoms with van der Waals surface area (Å²) in [5.41, 5.74) is 2.88. The topological polar surface area (TPSA) is 62.4 Å². The molecule has 0 saturated carbocycles. The zero-order valence-electron chi connectivity index (χ0n) is 14.6. The molecule has 0 radical (unpaired) electrons. The summed E-state index contributed by atoms with van der Waals surface area (Å²) < 4.78 is 0. The first-order valence-electron chi connectivity index (χ1n) is 8.82. The van der Waals surface area contributed by atoms with Crippen LogP contribution < -0.4 is 10.9 Å². The van der Waals surface area contributed by atoms with E-state index in [1.54, 1.807) is 18.2 Å². The van der Waals surface area contributed by atoms with Crippen LogP contribution in [0.25, 0.3) is 10.9 Å². The van der Waals surface area contributed by atoms with Crippen LogP contribution in [0.4, 0.5) is 0 Å². The normalized spacial score (nSPS) is 11.2. The van der Waals surface area contributed by atoms with Crippen LogP contribution in [0.2, 0.25) is 5.02 Å². The number of quaternary nitrogens is 1. The molecule has 0 amide bonds. The van der Waals surface area contributed by atoms with Gasteiger partial charge in [0.15, 0.2) is 5.82 Å². The number of nitrogens with two attached hydrogens (primary N) is 1. The van der Waals surface area contributed by atoms with Crippen molar-refractivity contribution in [1.82, 2.24) is 9.97 Å². The van der Waals surface area contributed by atoms with Crippen molar-refractivity contribution in [1.29, 1.82) is 0 Å². The van der Waals surface area contributed by atoms with Crippen molar-refractivity contribution in [3.63, 3.8) is 0 Å². The molecule has 4 nitrogen and oxygen atoms in total. The summed E-state index contributed by atoms with van der Waals surface area (Å²) in [6, 6.07) is 25.9. The molecule has 134 valence electrons. The molecule has 0 aliphatic rings. The number of hydrogen-bond acceptors (Lipinski definition) is 2. The summed E-state index contributed by atoms with van der Waals surface area (Å²) in [5.74, 6) is 0.631. The molecule has 1 heterocycles. The Bertz CT molecular complexity index is 1070. The van der Waals surface area contributed by atoms with Crippen molar-refractivity contribution in [3.8, 4) is 0 Å². The van der Waals surface area contributed by atoms with E-state index in [-0.39, 0.29) is 11.6 Å². The van der Waals surface area contributed by atoms with E-state index >= 15 is 0 Å². The zero-order valence-corrected chi connectivity index (χ0v) is 15.4. The van der Waals surface area contributed by atoms with Gasteiger partial charge in [-0.25, -0.2) is 4.98 Å². The van der Waals surface area contributed by atoms with Crippen molar-refractivity contribution in [2.75, 3.05) is 0 Å². The van der Waals surface area contributed by atoms with Gasteiger partial charge in [-0.05, 0) is 18.2 Å². The monoisotopic (exact) mass is 376 g/mol. The smallest absolute Gasteiger partial charge is 0.258 e. The molecule has 0 unspecified atom stereocenters. The van der Waals surface area contributed by atoms with E-state index in [0.29, 0.717) is 28.3 Å². The van der Waals surface area contributed by atoms with Crippen LogP contribution in [0.1, 0.15) is 23.0 Å². The van der Waals surface area contributed by atoms with Gasteiger partial charge in [-0.2, -0.15) is 0 Å². The van der Waals surface area contributed by atoms with E-state index in [2.05, 4.69) is 39.6 Å². The summed E-state index contributed by atoms with van der Waals surface area (Å²) in [4.78, 5) is 19.8. The van der Waals surface area contributed by atoms with Gasteiger partial charge in [0.2, 0.25) is 0 Å². The van der Waals surface area contributed by atoms with Gasteiger partial charge in [0, 0.05) is 16.1 Å². The van der Waals surface area contributed by atoms with Crippen LogP contribution in [0.3, 0.4) is 0 Å². The highest BCUT2D eigenvalue weighted by molar-refractivity contribution is 6.31. The first-order chi connectivity index (χ1) is 13.2. The molecule has 4 rings (SSSR count). The lowest BCUT2D eigenvalue weighted by Gasteiger charge is -2.16. The van der Waals surface area contributed by atoms with Gasteiger partial charge in [-0.3, -0.25) is 4.79 Å². The second-order valence-electron chi connectivity index (χ2n) is 6.41. The molecule has 0 spiro atoms. The fourth-order valence-corrected chi connectivity index (χ4v) is 3.44. The van der Waals surface area contributed by atoms with E-state index in [9.17, 15) is 4.79 Å². The molecular formula is C22H19ClN3O+. The number of rotatable bonds is 5. The molecule has 0 saturated heterocycles. The maximum Gasteiger partial charge on any atom is 0.258 e. The van der Waals surface area contributed by atoms with Gasteiger partial charge >= 0.3 is 0 Å². The van der Waals surface area contributed by atoms with Crippen molar-refractivity contribution in [2.24, 2.45) is 0 Å². The molecule has 0 aliphatic carbocycles. The molecule has 0 aliphatic heterocycles.